The third-order valence-corrected chi connectivity index (χ3v) is 4.65. The molecule has 106 valence electrons. The van der Waals surface area contributed by atoms with Crippen LogP contribution in [0.15, 0.2) is 15.8 Å². The van der Waals surface area contributed by atoms with Gasteiger partial charge in [-0.3, -0.25) is 18.7 Å². The molecule has 0 saturated carbocycles. The van der Waals surface area contributed by atoms with Crippen molar-refractivity contribution >= 4 is 11.8 Å². The predicted octanol–water partition coefficient (Wildman–Crippen LogP) is -0.594. The Kier molecular flexibility index (Phi) is 4.43. The maximum absolute atomic E-state index is 12.3. The highest BCUT2D eigenvalue weighted by molar-refractivity contribution is 8.00. The van der Waals surface area contributed by atoms with E-state index in [2.05, 4.69) is 4.98 Å². The van der Waals surface area contributed by atoms with Crippen molar-refractivity contribution in [2.24, 2.45) is 0 Å². The minimum atomic E-state index is -0.705. The van der Waals surface area contributed by atoms with Gasteiger partial charge < -0.3 is 10.2 Å². The summed E-state index contributed by atoms with van der Waals surface area (Å²) in [6.07, 6.45) is 0.879. The molecule has 1 aliphatic heterocycles. The Bertz CT molecular complexity index is 558. The molecule has 1 fully saturated rings. The maximum Gasteiger partial charge on any atom is 0.329 e. The van der Waals surface area contributed by atoms with Crippen LogP contribution in [0.4, 0.5) is 4.39 Å². The minimum Gasteiger partial charge on any atom is -0.395 e. The fraction of sp³-hybridized carbons (Fsp3) is 0.636. The lowest BCUT2D eigenvalue weighted by Gasteiger charge is -2.13. The van der Waals surface area contributed by atoms with Crippen molar-refractivity contribution in [3.05, 3.63) is 32.6 Å². The Hall–Kier alpha value is -1.12. The molecule has 2 rings (SSSR count). The van der Waals surface area contributed by atoms with Gasteiger partial charge >= 0.3 is 5.69 Å². The molecule has 3 atom stereocenters. The molecule has 19 heavy (non-hydrogen) atoms. The number of aliphatic hydroxyl groups excluding tert-OH is 2. The van der Waals surface area contributed by atoms with Gasteiger partial charge in [0.15, 0.2) is 0 Å². The lowest BCUT2D eigenvalue weighted by atomic mass is 10.2. The molecule has 0 amide bonds. The molecule has 0 aromatic carbocycles. The molecule has 1 saturated heterocycles. The Labute approximate surface area is 112 Å². The van der Waals surface area contributed by atoms with Gasteiger partial charge in [-0.05, 0) is 0 Å². The number of halogens is 1. The topological polar surface area (TPSA) is 95.3 Å². The van der Waals surface area contributed by atoms with Crippen LogP contribution in [0, 0.1) is 0 Å². The van der Waals surface area contributed by atoms with E-state index in [4.69, 9.17) is 5.11 Å². The van der Waals surface area contributed by atoms with E-state index in [0.29, 0.717) is 6.42 Å². The molecule has 1 aromatic rings. The summed E-state index contributed by atoms with van der Waals surface area (Å²) >= 11 is 1.27. The Morgan fingerprint density at radius 2 is 2.26 bits per heavy atom. The molecule has 2 heterocycles. The van der Waals surface area contributed by atoms with Crippen molar-refractivity contribution in [2.45, 2.75) is 29.6 Å². The smallest absolute Gasteiger partial charge is 0.329 e. The number of aromatic amines is 1. The van der Waals surface area contributed by atoms with Crippen LogP contribution < -0.4 is 11.2 Å². The number of hydrogen-bond acceptors (Lipinski definition) is 5. The normalized spacial score (nSPS) is 26.8. The Morgan fingerprint density at radius 1 is 1.53 bits per heavy atom. The molecule has 8 heteroatoms. The molecule has 1 aliphatic rings. The molecular formula is C11H15FN2O4S. The van der Waals surface area contributed by atoms with Crippen LogP contribution in [0.25, 0.3) is 0 Å². The fourth-order valence-corrected chi connectivity index (χ4v) is 3.45. The summed E-state index contributed by atoms with van der Waals surface area (Å²) < 4.78 is 13.6. The van der Waals surface area contributed by atoms with E-state index >= 15 is 0 Å². The fourth-order valence-electron chi connectivity index (χ4n) is 2.07. The van der Waals surface area contributed by atoms with E-state index in [1.807, 2.05) is 0 Å². The van der Waals surface area contributed by atoms with Gasteiger partial charge in [-0.15, -0.1) is 11.8 Å². The van der Waals surface area contributed by atoms with Crippen LogP contribution in [-0.2, 0) is 6.42 Å². The second kappa shape index (κ2) is 5.89. The van der Waals surface area contributed by atoms with Gasteiger partial charge in [0.05, 0.1) is 30.0 Å². The number of aryl methyl sites for hydroxylation is 1. The maximum atomic E-state index is 12.3. The summed E-state index contributed by atoms with van der Waals surface area (Å²) in [7, 11) is 0. The number of nitrogens with one attached hydrogen (secondary N) is 1. The summed E-state index contributed by atoms with van der Waals surface area (Å²) in [4.78, 5) is 25.3. The third kappa shape index (κ3) is 2.90. The molecule has 0 radical (unpaired) electrons. The number of aliphatic hydroxyl groups is 2. The molecule has 0 aliphatic carbocycles. The van der Waals surface area contributed by atoms with E-state index in [-0.39, 0.29) is 29.2 Å². The molecule has 0 spiro atoms. The van der Waals surface area contributed by atoms with E-state index in [1.165, 1.54) is 22.5 Å². The monoisotopic (exact) mass is 290 g/mol. The number of nitrogens with zero attached hydrogens (tertiary/aromatic N) is 1. The van der Waals surface area contributed by atoms with Crippen molar-refractivity contribution in [3.63, 3.8) is 0 Å². The van der Waals surface area contributed by atoms with Gasteiger partial charge in [0.25, 0.3) is 5.56 Å². The van der Waals surface area contributed by atoms with Gasteiger partial charge in [0.1, 0.15) is 0 Å². The van der Waals surface area contributed by atoms with Crippen LogP contribution in [0.5, 0.6) is 0 Å². The second-order valence-corrected chi connectivity index (χ2v) is 5.80. The Morgan fingerprint density at radius 3 is 2.84 bits per heavy atom. The van der Waals surface area contributed by atoms with Gasteiger partial charge in [-0.25, -0.2) is 4.79 Å². The SMILES string of the molecule is O=c1[nH]c(=O)n(C2C[C@H](O)[C@@H](CO)S2)cc1CCF. The number of aromatic nitrogens is 2. The first-order valence-electron chi connectivity index (χ1n) is 5.91. The molecule has 1 unspecified atom stereocenters. The zero-order chi connectivity index (χ0) is 14.0. The lowest BCUT2D eigenvalue weighted by Crippen LogP contribution is -2.33. The summed E-state index contributed by atoms with van der Waals surface area (Å²) in [6, 6.07) is 0. The zero-order valence-electron chi connectivity index (χ0n) is 10.1. The van der Waals surface area contributed by atoms with E-state index in [0.717, 1.165) is 0 Å². The Balaban J connectivity index is 2.33. The molecular weight excluding hydrogens is 275 g/mol. The average molecular weight is 290 g/mol. The number of alkyl halides is 1. The highest BCUT2D eigenvalue weighted by atomic mass is 32.2. The molecule has 1 aromatic heterocycles. The zero-order valence-corrected chi connectivity index (χ0v) is 10.9. The van der Waals surface area contributed by atoms with Gasteiger partial charge in [0, 0.05) is 24.6 Å². The van der Waals surface area contributed by atoms with Crippen molar-refractivity contribution in [2.75, 3.05) is 13.3 Å². The first-order chi connectivity index (χ1) is 9.06. The van der Waals surface area contributed by atoms with Gasteiger partial charge in [-0.1, -0.05) is 0 Å². The first-order valence-corrected chi connectivity index (χ1v) is 6.85. The van der Waals surface area contributed by atoms with Crippen LogP contribution in [-0.4, -0.2) is 44.4 Å². The summed E-state index contributed by atoms with van der Waals surface area (Å²) in [5.74, 6) is 0. The second-order valence-electron chi connectivity index (χ2n) is 4.37. The molecule has 3 N–H and O–H groups in total. The third-order valence-electron chi connectivity index (χ3n) is 3.10. The molecule has 0 bridgehead atoms. The standard InChI is InChI=1S/C11H15FN2O4S/c12-2-1-6-4-14(11(18)13-10(6)17)9-3-7(16)8(5-15)19-9/h4,7-9,15-16H,1-3,5H2,(H,13,17,18)/t7-,8+,9?/m0/s1. The average Bonchev–Trinajstić information content (AvgIpc) is 2.74. The van der Waals surface area contributed by atoms with Crippen LogP contribution in [0.1, 0.15) is 17.4 Å². The number of hydrogen-bond donors (Lipinski definition) is 3. The van der Waals surface area contributed by atoms with Gasteiger partial charge in [-0.2, -0.15) is 0 Å². The summed E-state index contributed by atoms with van der Waals surface area (Å²) in [5.41, 5.74) is -0.971. The first kappa shape index (κ1) is 14.3. The van der Waals surface area contributed by atoms with Crippen molar-refractivity contribution < 1.29 is 14.6 Å². The van der Waals surface area contributed by atoms with Crippen LogP contribution in [0.2, 0.25) is 0 Å². The summed E-state index contributed by atoms with van der Waals surface area (Å²) in [6.45, 7) is -0.862. The highest BCUT2D eigenvalue weighted by Gasteiger charge is 2.34. The molecule has 6 nitrogen and oxygen atoms in total. The number of thioether (sulfide) groups is 1. The predicted molar refractivity (Wildman–Crippen MR) is 69.1 cm³/mol. The van der Waals surface area contributed by atoms with Crippen molar-refractivity contribution in [1.82, 2.24) is 9.55 Å². The number of H-pyrrole nitrogens is 1. The largest absolute Gasteiger partial charge is 0.395 e. The lowest BCUT2D eigenvalue weighted by molar-refractivity contribution is 0.137. The summed E-state index contributed by atoms with van der Waals surface area (Å²) in [5, 5.41) is 18.1. The van der Waals surface area contributed by atoms with Crippen LogP contribution >= 0.6 is 11.8 Å². The van der Waals surface area contributed by atoms with E-state index < -0.39 is 24.0 Å². The van der Waals surface area contributed by atoms with Gasteiger partial charge in [0.2, 0.25) is 0 Å². The van der Waals surface area contributed by atoms with E-state index in [1.54, 1.807) is 0 Å². The minimum absolute atomic E-state index is 0.0566. The van der Waals surface area contributed by atoms with E-state index in [9.17, 15) is 19.1 Å². The van der Waals surface area contributed by atoms with Crippen molar-refractivity contribution in [1.29, 1.82) is 0 Å². The quantitative estimate of drug-likeness (QED) is 0.688. The number of rotatable bonds is 4. The van der Waals surface area contributed by atoms with Crippen molar-refractivity contribution in [3.8, 4) is 0 Å². The van der Waals surface area contributed by atoms with Crippen LogP contribution in [0.3, 0.4) is 0 Å². The highest BCUT2D eigenvalue weighted by Crippen LogP contribution is 2.40.